The van der Waals surface area contributed by atoms with Gasteiger partial charge in [0.05, 0.1) is 0 Å². The molecule has 0 radical (unpaired) electrons. The molecule has 2 atom stereocenters. The molecule has 0 aromatic heterocycles. The van der Waals surface area contributed by atoms with Crippen LogP contribution in [0.5, 0.6) is 0 Å². The molecule has 3 heteroatoms. The van der Waals surface area contributed by atoms with Gasteiger partial charge in [0.25, 0.3) is 0 Å². The van der Waals surface area contributed by atoms with Crippen LogP contribution in [0.4, 0.5) is 0 Å². The first-order valence-corrected chi connectivity index (χ1v) is 6.72. The van der Waals surface area contributed by atoms with Gasteiger partial charge in [-0.2, -0.15) is 0 Å². The zero-order chi connectivity index (χ0) is 11.8. The molecule has 0 aromatic rings. The lowest BCUT2D eigenvalue weighted by Crippen LogP contribution is -2.37. The molecule has 1 aliphatic heterocycles. The van der Waals surface area contributed by atoms with Crippen LogP contribution in [-0.2, 0) is 4.79 Å². The maximum Gasteiger partial charge on any atom is 0.220 e. The summed E-state index contributed by atoms with van der Waals surface area (Å²) in [4.78, 5) is 11.7. The van der Waals surface area contributed by atoms with Crippen LogP contribution in [0.2, 0.25) is 0 Å². The second-order valence-corrected chi connectivity index (χ2v) is 5.03. The Morgan fingerprint density at radius 2 is 2.38 bits per heavy atom. The highest BCUT2D eigenvalue weighted by Crippen LogP contribution is 2.13. The molecule has 0 bridgehead atoms. The Morgan fingerprint density at radius 3 is 3.00 bits per heavy atom. The summed E-state index contributed by atoms with van der Waals surface area (Å²) in [6, 6.07) is 0.337. The van der Waals surface area contributed by atoms with Crippen LogP contribution in [0, 0.1) is 5.92 Å². The van der Waals surface area contributed by atoms with E-state index in [2.05, 4.69) is 24.5 Å². The summed E-state index contributed by atoms with van der Waals surface area (Å²) in [6.45, 7) is 6.41. The first kappa shape index (κ1) is 13.5. The summed E-state index contributed by atoms with van der Waals surface area (Å²) in [5, 5.41) is 6.44. The normalized spacial score (nSPS) is 22.8. The Bertz CT molecular complexity index is 200. The van der Waals surface area contributed by atoms with Crippen LogP contribution in [0.15, 0.2) is 0 Å². The van der Waals surface area contributed by atoms with Crippen molar-refractivity contribution in [1.82, 2.24) is 10.6 Å². The minimum Gasteiger partial charge on any atom is -0.354 e. The molecular formula is C13H26N2O. The lowest BCUT2D eigenvalue weighted by molar-refractivity contribution is -0.122. The van der Waals surface area contributed by atoms with Gasteiger partial charge in [0.2, 0.25) is 5.91 Å². The fourth-order valence-corrected chi connectivity index (χ4v) is 2.28. The van der Waals surface area contributed by atoms with Crippen molar-refractivity contribution in [2.45, 2.75) is 58.4 Å². The molecule has 1 saturated heterocycles. The van der Waals surface area contributed by atoms with Gasteiger partial charge in [-0.25, -0.2) is 0 Å². The molecule has 1 aliphatic rings. The third-order valence-electron chi connectivity index (χ3n) is 3.27. The van der Waals surface area contributed by atoms with Crippen molar-refractivity contribution >= 4 is 5.91 Å². The molecule has 1 heterocycles. The SMILES string of the molecule is CCCCC(C)NC(=O)CC1CCCNC1. The molecule has 1 amide bonds. The van der Waals surface area contributed by atoms with Crippen molar-refractivity contribution < 1.29 is 4.79 Å². The molecule has 0 saturated carbocycles. The lowest BCUT2D eigenvalue weighted by atomic mass is 9.96. The number of hydrogen-bond donors (Lipinski definition) is 2. The number of piperidine rings is 1. The molecule has 94 valence electrons. The molecule has 1 fully saturated rings. The Hall–Kier alpha value is -0.570. The maximum atomic E-state index is 11.7. The number of amides is 1. The largest absolute Gasteiger partial charge is 0.354 e. The van der Waals surface area contributed by atoms with Gasteiger partial charge in [-0.05, 0) is 45.2 Å². The van der Waals surface area contributed by atoms with Crippen molar-refractivity contribution in [2.75, 3.05) is 13.1 Å². The smallest absolute Gasteiger partial charge is 0.220 e. The zero-order valence-electron chi connectivity index (χ0n) is 10.7. The minimum atomic E-state index is 0.234. The number of carbonyl (C=O) groups excluding carboxylic acids is 1. The van der Waals surface area contributed by atoms with Gasteiger partial charge in [-0.1, -0.05) is 19.8 Å². The highest BCUT2D eigenvalue weighted by Gasteiger charge is 2.17. The van der Waals surface area contributed by atoms with Gasteiger partial charge in [0.1, 0.15) is 0 Å². The third kappa shape index (κ3) is 5.50. The number of carbonyl (C=O) groups is 1. The van der Waals surface area contributed by atoms with Gasteiger partial charge >= 0.3 is 0 Å². The molecule has 1 rings (SSSR count). The molecule has 3 nitrogen and oxygen atoms in total. The number of nitrogens with one attached hydrogen (secondary N) is 2. The summed E-state index contributed by atoms with van der Waals surface area (Å²) in [6.07, 6.45) is 6.61. The first-order chi connectivity index (χ1) is 7.72. The Labute approximate surface area is 99.4 Å². The van der Waals surface area contributed by atoms with Crippen molar-refractivity contribution in [2.24, 2.45) is 5.92 Å². The van der Waals surface area contributed by atoms with Gasteiger partial charge in [-0.3, -0.25) is 4.79 Å². The van der Waals surface area contributed by atoms with E-state index in [0.717, 1.165) is 19.5 Å². The lowest BCUT2D eigenvalue weighted by Gasteiger charge is -2.23. The number of hydrogen-bond acceptors (Lipinski definition) is 2. The van der Waals surface area contributed by atoms with Crippen LogP contribution >= 0.6 is 0 Å². The fourth-order valence-electron chi connectivity index (χ4n) is 2.28. The molecule has 16 heavy (non-hydrogen) atoms. The average molecular weight is 226 g/mol. The Morgan fingerprint density at radius 1 is 1.56 bits per heavy atom. The maximum absolute atomic E-state index is 11.7. The van der Waals surface area contributed by atoms with E-state index in [1.165, 1.54) is 25.7 Å². The summed E-state index contributed by atoms with van der Waals surface area (Å²) in [5.74, 6) is 0.782. The van der Waals surface area contributed by atoms with Crippen LogP contribution in [0.3, 0.4) is 0 Å². The van der Waals surface area contributed by atoms with E-state index in [1.807, 2.05) is 0 Å². The zero-order valence-corrected chi connectivity index (χ0v) is 10.7. The summed E-state index contributed by atoms with van der Waals surface area (Å²) >= 11 is 0. The van der Waals surface area contributed by atoms with Crippen LogP contribution < -0.4 is 10.6 Å². The van der Waals surface area contributed by atoms with Gasteiger partial charge < -0.3 is 10.6 Å². The minimum absolute atomic E-state index is 0.234. The van der Waals surface area contributed by atoms with E-state index in [4.69, 9.17) is 0 Å². The van der Waals surface area contributed by atoms with Gasteiger partial charge in [-0.15, -0.1) is 0 Å². The van der Waals surface area contributed by atoms with E-state index in [9.17, 15) is 4.79 Å². The fraction of sp³-hybridized carbons (Fsp3) is 0.923. The van der Waals surface area contributed by atoms with E-state index in [-0.39, 0.29) is 5.91 Å². The Kier molecular flexibility index (Phi) is 6.46. The standard InChI is InChI=1S/C13H26N2O/c1-3-4-6-11(2)15-13(16)9-12-7-5-8-14-10-12/h11-12,14H,3-10H2,1-2H3,(H,15,16). The summed E-state index contributed by atoms with van der Waals surface area (Å²) in [5.41, 5.74) is 0. The average Bonchev–Trinajstić information content (AvgIpc) is 2.27. The third-order valence-corrected chi connectivity index (χ3v) is 3.27. The van der Waals surface area contributed by atoms with Crippen molar-refractivity contribution in [1.29, 1.82) is 0 Å². The summed E-state index contributed by atoms with van der Waals surface area (Å²) in [7, 11) is 0. The molecule has 0 aromatic carbocycles. The highest BCUT2D eigenvalue weighted by molar-refractivity contribution is 5.76. The topological polar surface area (TPSA) is 41.1 Å². The van der Waals surface area contributed by atoms with Crippen molar-refractivity contribution in [3.05, 3.63) is 0 Å². The number of rotatable bonds is 6. The van der Waals surface area contributed by atoms with E-state index < -0.39 is 0 Å². The van der Waals surface area contributed by atoms with E-state index in [1.54, 1.807) is 0 Å². The molecule has 0 aliphatic carbocycles. The summed E-state index contributed by atoms with van der Waals surface area (Å²) < 4.78 is 0. The van der Waals surface area contributed by atoms with Crippen molar-refractivity contribution in [3.63, 3.8) is 0 Å². The van der Waals surface area contributed by atoms with Crippen LogP contribution in [0.1, 0.15) is 52.4 Å². The predicted octanol–water partition coefficient (Wildman–Crippen LogP) is 2.07. The first-order valence-electron chi connectivity index (χ1n) is 6.72. The van der Waals surface area contributed by atoms with Gasteiger partial charge in [0, 0.05) is 12.5 Å². The Balaban J connectivity index is 2.13. The van der Waals surface area contributed by atoms with Crippen LogP contribution in [-0.4, -0.2) is 25.0 Å². The van der Waals surface area contributed by atoms with E-state index in [0.29, 0.717) is 18.4 Å². The molecule has 2 unspecified atom stereocenters. The predicted molar refractivity (Wildman–Crippen MR) is 67.3 cm³/mol. The molecule has 0 spiro atoms. The quantitative estimate of drug-likeness (QED) is 0.728. The number of unbranched alkanes of at least 4 members (excludes halogenated alkanes) is 1. The monoisotopic (exact) mass is 226 g/mol. The van der Waals surface area contributed by atoms with Gasteiger partial charge in [0.15, 0.2) is 0 Å². The second kappa shape index (κ2) is 7.66. The second-order valence-electron chi connectivity index (χ2n) is 5.03. The molecular weight excluding hydrogens is 200 g/mol. The highest BCUT2D eigenvalue weighted by atomic mass is 16.1. The van der Waals surface area contributed by atoms with Crippen LogP contribution in [0.25, 0.3) is 0 Å². The van der Waals surface area contributed by atoms with E-state index >= 15 is 0 Å². The molecule has 2 N–H and O–H groups in total. The van der Waals surface area contributed by atoms with Crippen molar-refractivity contribution in [3.8, 4) is 0 Å².